The number of aliphatic hydroxyl groups is 1. The Labute approximate surface area is 132 Å². The highest BCUT2D eigenvalue weighted by Gasteiger charge is 2.36. The highest BCUT2D eigenvalue weighted by atomic mass is 32.2. The summed E-state index contributed by atoms with van der Waals surface area (Å²) in [5, 5.41) is 10.2. The van der Waals surface area contributed by atoms with Crippen molar-refractivity contribution < 1.29 is 13.7 Å². The van der Waals surface area contributed by atoms with Gasteiger partial charge in [-0.3, -0.25) is 4.21 Å². The van der Waals surface area contributed by atoms with E-state index in [1.165, 1.54) is 0 Å². The fourth-order valence-corrected chi connectivity index (χ4v) is 3.82. The number of hydrogen-bond acceptors (Lipinski definition) is 3. The van der Waals surface area contributed by atoms with Crippen molar-refractivity contribution in [3.05, 3.63) is 30.3 Å². The molecule has 1 aromatic carbocycles. The van der Waals surface area contributed by atoms with E-state index in [1.807, 2.05) is 30.3 Å². The molecule has 0 fully saturated rings. The summed E-state index contributed by atoms with van der Waals surface area (Å²) < 4.78 is 18.1. The number of hydrogen-bond donors (Lipinski definition) is 1. The molecule has 0 aliphatic heterocycles. The highest BCUT2D eigenvalue weighted by molar-refractivity contribution is 7.85. The largest absolute Gasteiger partial charge is 0.417 e. The van der Waals surface area contributed by atoms with Crippen molar-refractivity contribution in [1.29, 1.82) is 0 Å². The second-order valence-electron chi connectivity index (χ2n) is 6.88. The molecule has 0 saturated heterocycles. The third kappa shape index (κ3) is 6.02. The van der Waals surface area contributed by atoms with Gasteiger partial charge in [-0.05, 0) is 36.7 Å². The first kappa shape index (κ1) is 18.6. The third-order valence-corrected chi connectivity index (χ3v) is 10.1. The maximum Gasteiger partial charge on any atom is 0.191 e. The van der Waals surface area contributed by atoms with E-state index in [0.717, 1.165) is 4.90 Å². The van der Waals surface area contributed by atoms with E-state index in [2.05, 4.69) is 33.9 Å². The van der Waals surface area contributed by atoms with Crippen LogP contribution in [0, 0.1) is 0 Å². The molecule has 120 valence electrons. The van der Waals surface area contributed by atoms with Gasteiger partial charge in [-0.15, -0.1) is 0 Å². The highest BCUT2D eigenvalue weighted by Crippen LogP contribution is 2.36. The molecule has 5 heteroatoms. The van der Waals surface area contributed by atoms with Crippen LogP contribution in [-0.2, 0) is 15.2 Å². The molecular formula is C16H28O3SSi. The summed E-state index contributed by atoms with van der Waals surface area (Å²) in [7, 11) is -2.91. The van der Waals surface area contributed by atoms with Crippen molar-refractivity contribution in [2.24, 2.45) is 0 Å². The predicted molar refractivity (Wildman–Crippen MR) is 91.5 cm³/mol. The topological polar surface area (TPSA) is 46.5 Å². The lowest BCUT2D eigenvalue weighted by Crippen LogP contribution is -2.41. The molecule has 0 saturated carbocycles. The van der Waals surface area contributed by atoms with E-state index in [9.17, 15) is 9.32 Å². The van der Waals surface area contributed by atoms with Crippen LogP contribution in [0.5, 0.6) is 0 Å². The smallest absolute Gasteiger partial charge is 0.191 e. The molecule has 0 unspecified atom stereocenters. The number of benzene rings is 1. The van der Waals surface area contributed by atoms with Crippen molar-refractivity contribution in [2.75, 3.05) is 12.4 Å². The molecule has 1 rings (SSSR count). The first-order valence-corrected chi connectivity index (χ1v) is 11.6. The van der Waals surface area contributed by atoms with Gasteiger partial charge in [0.1, 0.15) is 0 Å². The van der Waals surface area contributed by atoms with E-state index in [0.29, 0.717) is 13.0 Å². The minimum absolute atomic E-state index is 0.171. The van der Waals surface area contributed by atoms with Gasteiger partial charge >= 0.3 is 0 Å². The van der Waals surface area contributed by atoms with E-state index < -0.39 is 25.2 Å². The van der Waals surface area contributed by atoms with Crippen LogP contribution in [0.4, 0.5) is 0 Å². The van der Waals surface area contributed by atoms with Gasteiger partial charge in [-0.2, -0.15) is 0 Å². The van der Waals surface area contributed by atoms with E-state index in [1.54, 1.807) is 0 Å². The molecule has 0 amide bonds. The van der Waals surface area contributed by atoms with Crippen LogP contribution in [0.2, 0.25) is 18.1 Å². The lowest BCUT2D eigenvalue weighted by atomic mass is 10.2. The van der Waals surface area contributed by atoms with Gasteiger partial charge < -0.3 is 9.53 Å². The van der Waals surface area contributed by atoms with Gasteiger partial charge in [0.05, 0.1) is 22.7 Å². The lowest BCUT2D eigenvalue weighted by molar-refractivity contribution is 0.153. The molecule has 1 aromatic rings. The standard InChI is InChI=1S/C16H28O3SSi/c1-16(2,3)21(4,5)19-12-11-14(17)13-20(18)15-9-7-6-8-10-15/h6-10,14,17H,11-13H2,1-5H3/t14-,20-/m0/s1. The second-order valence-corrected chi connectivity index (χ2v) is 13.2. The Bertz CT molecular complexity index is 454. The van der Waals surface area contributed by atoms with Crippen molar-refractivity contribution in [2.45, 2.75) is 56.3 Å². The number of aliphatic hydroxyl groups excluding tert-OH is 1. The fraction of sp³-hybridized carbons (Fsp3) is 0.625. The Kier molecular flexibility index (Phi) is 6.78. The van der Waals surface area contributed by atoms with Crippen molar-refractivity contribution in [3.63, 3.8) is 0 Å². The first-order valence-electron chi connectivity index (χ1n) is 7.39. The van der Waals surface area contributed by atoms with Crippen molar-refractivity contribution >= 4 is 19.1 Å². The maximum absolute atomic E-state index is 12.1. The SMILES string of the molecule is CC(C)(C)[Si](C)(C)OCC[C@H](O)C[S@](=O)c1ccccc1. The Balaban J connectivity index is 2.38. The summed E-state index contributed by atoms with van der Waals surface area (Å²) >= 11 is 0. The zero-order valence-corrected chi connectivity index (χ0v) is 15.6. The zero-order valence-electron chi connectivity index (χ0n) is 13.8. The van der Waals surface area contributed by atoms with Crippen LogP contribution < -0.4 is 0 Å². The first-order chi connectivity index (χ1) is 9.63. The van der Waals surface area contributed by atoms with Crippen LogP contribution in [0.1, 0.15) is 27.2 Å². The van der Waals surface area contributed by atoms with E-state index >= 15 is 0 Å². The summed E-state index contributed by atoms with van der Waals surface area (Å²) in [5.74, 6) is 0.269. The third-order valence-electron chi connectivity index (χ3n) is 4.07. The van der Waals surface area contributed by atoms with E-state index in [-0.39, 0.29) is 10.8 Å². The summed E-state index contributed by atoms with van der Waals surface area (Å²) in [5.41, 5.74) is 0. The monoisotopic (exact) mass is 328 g/mol. The van der Waals surface area contributed by atoms with Crippen molar-refractivity contribution in [1.82, 2.24) is 0 Å². The van der Waals surface area contributed by atoms with Crippen LogP contribution in [-0.4, -0.2) is 36.1 Å². The average molecular weight is 329 g/mol. The van der Waals surface area contributed by atoms with Gasteiger partial charge in [-0.25, -0.2) is 0 Å². The summed E-state index contributed by atoms with van der Waals surface area (Å²) in [4.78, 5) is 0.766. The molecule has 3 nitrogen and oxygen atoms in total. The number of rotatable bonds is 7. The average Bonchev–Trinajstić information content (AvgIpc) is 2.38. The van der Waals surface area contributed by atoms with Crippen LogP contribution in [0.3, 0.4) is 0 Å². The lowest BCUT2D eigenvalue weighted by Gasteiger charge is -2.36. The molecule has 21 heavy (non-hydrogen) atoms. The Morgan fingerprint density at radius 1 is 1.24 bits per heavy atom. The minimum atomic E-state index is -1.76. The predicted octanol–water partition coefficient (Wildman–Crippen LogP) is 3.57. The molecule has 0 bridgehead atoms. The van der Waals surface area contributed by atoms with Gasteiger partial charge in [0.2, 0.25) is 0 Å². The quantitative estimate of drug-likeness (QED) is 0.778. The molecule has 0 aliphatic carbocycles. The summed E-state index contributed by atoms with van der Waals surface area (Å²) in [6, 6.07) is 9.27. The molecule has 1 N–H and O–H groups in total. The van der Waals surface area contributed by atoms with Gasteiger partial charge in [0.25, 0.3) is 0 Å². The van der Waals surface area contributed by atoms with Crippen LogP contribution in [0.15, 0.2) is 35.2 Å². The minimum Gasteiger partial charge on any atom is -0.417 e. The zero-order chi connectivity index (χ0) is 16.1. The van der Waals surface area contributed by atoms with Gasteiger partial charge in [-0.1, -0.05) is 39.0 Å². The van der Waals surface area contributed by atoms with Gasteiger partial charge in [0, 0.05) is 11.5 Å². The van der Waals surface area contributed by atoms with Crippen molar-refractivity contribution in [3.8, 4) is 0 Å². The van der Waals surface area contributed by atoms with Crippen LogP contribution in [0.25, 0.3) is 0 Å². The molecule has 0 radical (unpaired) electrons. The molecule has 0 spiro atoms. The Hall–Kier alpha value is -0.493. The van der Waals surface area contributed by atoms with E-state index in [4.69, 9.17) is 4.43 Å². The maximum atomic E-state index is 12.1. The Morgan fingerprint density at radius 2 is 1.81 bits per heavy atom. The molecule has 0 aliphatic rings. The fourth-order valence-electron chi connectivity index (χ4n) is 1.59. The molecule has 2 atom stereocenters. The second kappa shape index (κ2) is 7.67. The molecule has 0 heterocycles. The Morgan fingerprint density at radius 3 is 2.33 bits per heavy atom. The summed E-state index contributed by atoms with van der Waals surface area (Å²) in [6.07, 6.45) is -0.0544. The van der Waals surface area contributed by atoms with Gasteiger partial charge in [0.15, 0.2) is 8.32 Å². The molecular weight excluding hydrogens is 300 g/mol. The van der Waals surface area contributed by atoms with Crippen LogP contribution >= 0.6 is 0 Å². The normalized spacial score (nSPS) is 15.7. The molecule has 0 aromatic heterocycles. The summed E-state index contributed by atoms with van der Waals surface area (Å²) in [6.45, 7) is 11.5.